The Bertz CT molecular complexity index is 1110. The minimum absolute atomic E-state index is 0.0379. The lowest BCUT2D eigenvalue weighted by molar-refractivity contribution is 0.0582. The van der Waals surface area contributed by atoms with Crippen LogP contribution >= 0.6 is 11.6 Å². The first-order chi connectivity index (χ1) is 14.8. The number of anilines is 1. The number of hydrogen-bond donors (Lipinski definition) is 0. The molecule has 4 rings (SSSR count). The number of aryl methyl sites for hydroxylation is 1. The highest BCUT2D eigenvalue weighted by Crippen LogP contribution is 2.47. The highest BCUT2D eigenvalue weighted by Gasteiger charge is 2.37. The fourth-order valence-electron chi connectivity index (χ4n) is 4.16. The number of nitrogens with zero attached hydrogens (tertiary/aromatic N) is 1. The maximum atomic E-state index is 13.0. The molecule has 3 aromatic rings. The number of hydrogen-bond acceptors (Lipinski definition) is 3. The summed E-state index contributed by atoms with van der Waals surface area (Å²) in [5, 5.41) is 2.15. The van der Waals surface area contributed by atoms with E-state index in [1.54, 1.807) is 4.90 Å². The van der Waals surface area contributed by atoms with Crippen LogP contribution in [-0.4, -0.2) is 24.1 Å². The van der Waals surface area contributed by atoms with E-state index in [4.69, 9.17) is 21.1 Å². The number of carbonyl (C=O) groups excluding carboxylic acids is 1. The quantitative estimate of drug-likeness (QED) is 0.421. The molecule has 0 aliphatic carbocycles. The summed E-state index contributed by atoms with van der Waals surface area (Å²) in [6.07, 6.45) is -0.358. The maximum absolute atomic E-state index is 13.0. The summed E-state index contributed by atoms with van der Waals surface area (Å²) < 4.78 is 12.0. The molecule has 1 atom stereocenters. The van der Waals surface area contributed by atoms with Gasteiger partial charge in [-0.3, -0.25) is 4.90 Å². The first-order valence-electron chi connectivity index (χ1n) is 10.6. The van der Waals surface area contributed by atoms with Crippen molar-refractivity contribution in [3.05, 3.63) is 71.3 Å². The van der Waals surface area contributed by atoms with Crippen LogP contribution in [0.1, 0.15) is 43.4 Å². The predicted octanol–water partition coefficient (Wildman–Crippen LogP) is 6.80. The van der Waals surface area contributed by atoms with Crippen molar-refractivity contribution in [3.8, 4) is 5.75 Å². The lowest BCUT2D eigenvalue weighted by Gasteiger charge is -2.25. The van der Waals surface area contributed by atoms with Crippen LogP contribution in [0.5, 0.6) is 5.75 Å². The number of benzene rings is 3. The Kier molecular flexibility index (Phi) is 5.85. The second kappa shape index (κ2) is 8.43. The van der Waals surface area contributed by atoms with Gasteiger partial charge in [0.2, 0.25) is 0 Å². The Labute approximate surface area is 188 Å². The Hall–Kier alpha value is -2.72. The van der Waals surface area contributed by atoms with Gasteiger partial charge in [-0.25, -0.2) is 4.79 Å². The minimum atomic E-state index is -0.574. The van der Waals surface area contributed by atoms with Gasteiger partial charge in [0.1, 0.15) is 18.0 Å². The summed E-state index contributed by atoms with van der Waals surface area (Å²) in [6.45, 7) is 8.66. The summed E-state index contributed by atoms with van der Waals surface area (Å²) in [6, 6.07) is 18.2. The van der Waals surface area contributed by atoms with Crippen molar-refractivity contribution in [3.63, 3.8) is 0 Å². The van der Waals surface area contributed by atoms with Crippen LogP contribution in [-0.2, 0) is 11.3 Å². The van der Waals surface area contributed by atoms with E-state index in [-0.39, 0.29) is 12.0 Å². The van der Waals surface area contributed by atoms with Crippen LogP contribution in [0.2, 0.25) is 0 Å². The number of carbonyl (C=O) groups is 1. The summed E-state index contributed by atoms with van der Waals surface area (Å²) >= 11 is 6.36. The molecular weight excluding hydrogens is 410 g/mol. The second-order valence-electron chi connectivity index (χ2n) is 9.02. The molecule has 0 aromatic heterocycles. The molecule has 31 heavy (non-hydrogen) atoms. The molecule has 162 valence electrons. The van der Waals surface area contributed by atoms with Gasteiger partial charge >= 0.3 is 6.09 Å². The summed E-state index contributed by atoms with van der Waals surface area (Å²) in [4.78, 5) is 14.7. The summed E-state index contributed by atoms with van der Waals surface area (Å²) in [7, 11) is 0. The SMILES string of the molecule is Cc1cccc2c(OCc3ccccc3)cc3c(c12)[C@H](CCl)CN3C(=O)OC(C)(C)C. The molecule has 0 saturated carbocycles. The smallest absolute Gasteiger partial charge is 0.414 e. The third-order valence-corrected chi connectivity index (χ3v) is 5.86. The highest BCUT2D eigenvalue weighted by molar-refractivity contribution is 6.19. The van der Waals surface area contributed by atoms with Gasteiger partial charge in [0, 0.05) is 29.8 Å². The van der Waals surface area contributed by atoms with Crippen LogP contribution in [0, 0.1) is 6.92 Å². The standard InChI is InChI=1S/C26H28ClNO3/c1-17-9-8-12-20-22(30-16-18-10-6-5-7-11-18)13-21-24(23(17)20)19(14-27)15-28(21)25(29)31-26(2,3)4/h5-13,19H,14-16H2,1-4H3/t19-/m1/s1. The van der Waals surface area contributed by atoms with Crippen molar-refractivity contribution in [1.82, 2.24) is 0 Å². The number of halogens is 1. The Morgan fingerprint density at radius 3 is 2.55 bits per heavy atom. The molecule has 5 heteroatoms. The van der Waals surface area contributed by atoms with E-state index in [1.807, 2.05) is 63.2 Å². The van der Waals surface area contributed by atoms with Gasteiger partial charge in [0.15, 0.2) is 0 Å². The molecule has 1 aliphatic rings. The molecule has 1 heterocycles. The van der Waals surface area contributed by atoms with E-state index in [1.165, 1.54) is 0 Å². The lowest BCUT2D eigenvalue weighted by atomic mass is 9.92. The van der Waals surface area contributed by atoms with Gasteiger partial charge in [0.05, 0.1) is 5.69 Å². The third kappa shape index (κ3) is 4.35. The van der Waals surface area contributed by atoms with Crippen molar-refractivity contribution < 1.29 is 14.3 Å². The van der Waals surface area contributed by atoms with Crippen molar-refractivity contribution in [2.75, 3.05) is 17.3 Å². The first-order valence-corrected chi connectivity index (χ1v) is 11.1. The molecule has 4 nitrogen and oxygen atoms in total. The van der Waals surface area contributed by atoms with Gasteiger partial charge in [0.25, 0.3) is 0 Å². The van der Waals surface area contributed by atoms with Crippen LogP contribution in [0.25, 0.3) is 10.8 Å². The molecule has 0 radical (unpaired) electrons. The zero-order valence-corrected chi connectivity index (χ0v) is 19.2. The van der Waals surface area contributed by atoms with Crippen LogP contribution < -0.4 is 9.64 Å². The first kappa shape index (κ1) is 21.5. The molecule has 0 bridgehead atoms. The minimum Gasteiger partial charge on any atom is -0.488 e. The number of fused-ring (bicyclic) bond motifs is 3. The third-order valence-electron chi connectivity index (χ3n) is 5.49. The van der Waals surface area contributed by atoms with E-state index < -0.39 is 5.60 Å². The molecule has 0 fully saturated rings. The largest absolute Gasteiger partial charge is 0.488 e. The van der Waals surface area contributed by atoms with Crippen LogP contribution in [0.4, 0.5) is 10.5 Å². The van der Waals surface area contributed by atoms with Crippen molar-refractivity contribution in [2.24, 2.45) is 0 Å². The van der Waals surface area contributed by atoms with E-state index in [9.17, 15) is 4.79 Å². The highest BCUT2D eigenvalue weighted by atomic mass is 35.5. The average molecular weight is 438 g/mol. The average Bonchev–Trinajstić information content (AvgIpc) is 3.10. The molecule has 3 aromatic carbocycles. The Morgan fingerprint density at radius 1 is 1.13 bits per heavy atom. The van der Waals surface area contributed by atoms with Crippen molar-refractivity contribution in [2.45, 2.75) is 45.8 Å². The van der Waals surface area contributed by atoms with E-state index in [0.29, 0.717) is 19.0 Å². The number of rotatable bonds is 4. The molecule has 1 amide bonds. The predicted molar refractivity (Wildman–Crippen MR) is 127 cm³/mol. The summed E-state index contributed by atoms with van der Waals surface area (Å²) in [5.74, 6) is 1.22. The maximum Gasteiger partial charge on any atom is 0.414 e. The van der Waals surface area contributed by atoms with Crippen LogP contribution in [0.15, 0.2) is 54.6 Å². The van der Waals surface area contributed by atoms with Crippen molar-refractivity contribution >= 4 is 34.2 Å². The number of amides is 1. The fraction of sp³-hybridized carbons (Fsp3) is 0.346. The Balaban J connectivity index is 1.82. The van der Waals surface area contributed by atoms with E-state index in [2.05, 4.69) is 19.1 Å². The fourth-order valence-corrected chi connectivity index (χ4v) is 4.41. The van der Waals surface area contributed by atoms with E-state index >= 15 is 0 Å². The van der Waals surface area contributed by atoms with Gasteiger partial charge < -0.3 is 9.47 Å². The Morgan fingerprint density at radius 2 is 1.87 bits per heavy atom. The zero-order valence-electron chi connectivity index (χ0n) is 18.4. The molecule has 0 saturated heterocycles. The van der Waals surface area contributed by atoms with Gasteiger partial charge in [-0.05, 0) is 49.8 Å². The van der Waals surface area contributed by atoms with Crippen molar-refractivity contribution in [1.29, 1.82) is 0 Å². The van der Waals surface area contributed by atoms with Gasteiger partial charge in [-0.15, -0.1) is 11.6 Å². The van der Waals surface area contributed by atoms with E-state index in [0.717, 1.165) is 38.9 Å². The molecule has 0 unspecified atom stereocenters. The summed E-state index contributed by atoms with van der Waals surface area (Å²) in [5.41, 5.74) is 3.58. The molecule has 0 N–H and O–H groups in total. The second-order valence-corrected chi connectivity index (χ2v) is 9.33. The number of ether oxygens (including phenoxy) is 2. The number of alkyl halides is 1. The van der Waals surface area contributed by atoms with Gasteiger partial charge in [-0.1, -0.05) is 48.5 Å². The topological polar surface area (TPSA) is 38.8 Å². The zero-order chi connectivity index (χ0) is 22.2. The lowest BCUT2D eigenvalue weighted by Crippen LogP contribution is -2.36. The van der Waals surface area contributed by atoms with Gasteiger partial charge in [-0.2, -0.15) is 0 Å². The normalized spacial score (nSPS) is 15.8. The molecule has 0 spiro atoms. The van der Waals surface area contributed by atoms with Crippen LogP contribution in [0.3, 0.4) is 0 Å². The molecule has 1 aliphatic heterocycles. The molecular formula is C26H28ClNO3. The monoisotopic (exact) mass is 437 g/mol.